The Kier molecular flexibility index (Phi) is 14.6. The standard InChI is InChI=1S/2C7H12.C4H10.2C2H6/c2*1-2-7-4-3-6(1)5-7;1-3-4-2;2*1-2/h2*6-7H,1-5H2;3-4H2,1-2H3;2*1-2H3. The number of rotatable bonds is 1. The van der Waals surface area contributed by atoms with Crippen molar-refractivity contribution in [3.05, 3.63) is 0 Å². The molecule has 0 amide bonds. The third-order valence-corrected chi connectivity index (χ3v) is 5.77. The fourth-order valence-electron chi connectivity index (χ4n) is 4.35. The second kappa shape index (κ2) is 14.6. The van der Waals surface area contributed by atoms with E-state index in [-0.39, 0.29) is 0 Å². The van der Waals surface area contributed by atoms with Crippen LogP contribution in [0, 0.1) is 23.7 Å². The summed E-state index contributed by atoms with van der Waals surface area (Å²) in [5, 5.41) is 0. The third kappa shape index (κ3) is 8.59. The molecule has 22 heavy (non-hydrogen) atoms. The van der Waals surface area contributed by atoms with Gasteiger partial charge >= 0.3 is 0 Å². The zero-order valence-electron chi connectivity index (χ0n) is 16.8. The predicted octanol–water partition coefficient (Wildman–Crippen LogP) is 8.25. The second-order valence-electron chi connectivity index (χ2n) is 7.24. The molecule has 0 spiro atoms. The lowest BCUT2D eigenvalue weighted by atomic mass is 10.0. The fraction of sp³-hybridized carbons (Fsp3) is 1.00. The maximum atomic E-state index is 2.18. The van der Waals surface area contributed by atoms with Gasteiger partial charge in [0.1, 0.15) is 0 Å². The summed E-state index contributed by atoms with van der Waals surface area (Å²) >= 11 is 0. The van der Waals surface area contributed by atoms with Crippen molar-refractivity contribution < 1.29 is 0 Å². The van der Waals surface area contributed by atoms with E-state index < -0.39 is 0 Å². The van der Waals surface area contributed by atoms with E-state index >= 15 is 0 Å². The molecular formula is C22H46. The van der Waals surface area contributed by atoms with Crippen LogP contribution in [0.3, 0.4) is 0 Å². The summed E-state index contributed by atoms with van der Waals surface area (Å²) in [7, 11) is 0. The van der Waals surface area contributed by atoms with Crippen LogP contribution in [0.15, 0.2) is 0 Å². The molecule has 0 heterocycles. The van der Waals surface area contributed by atoms with Gasteiger partial charge in [-0.25, -0.2) is 0 Å². The van der Waals surface area contributed by atoms with Gasteiger partial charge < -0.3 is 0 Å². The Labute approximate surface area is 142 Å². The van der Waals surface area contributed by atoms with E-state index in [1.807, 2.05) is 27.7 Å². The molecule has 4 rings (SSSR count). The summed E-state index contributed by atoms with van der Waals surface area (Å²) in [6, 6.07) is 0. The minimum atomic E-state index is 1.17. The Morgan fingerprint density at radius 3 is 0.682 bits per heavy atom. The first kappa shape index (κ1) is 22.0. The molecule has 0 unspecified atom stereocenters. The van der Waals surface area contributed by atoms with Gasteiger partial charge in [0.2, 0.25) is 0 Å². The fourth-order valence-corrected chi connectivity index (χ4v) is 4.35. The highest BCUT2D eigenvalue weighted by Crippen LogP contribution is 2.44. The van der Waals surface area contributed by atoms with Gasteiger partial charge in [0.05, 0.1) is 0 Å². The molecule has 0 radical (unpaired) electrons. The lowest BCUT2D eigenvalue weighted by molar-refractivity contribution is 0.480. The highest BCUT2D eigenvalue weighted by atomic mass is 14.4. The van der Waals surface area contributed by atoms with Crippen molar-refractivity contribution in [3.8, 4) is 0 Å². The predicted molar refractivity (Wildman–Crippen MR) is 103 cm³/mol. The SMILES string of the molecule is C1CC2CCC1C2.C1CC2CCC1C2.CC.CC.CCCC. The number of hydrogen-bond donors (Lipinski definition) is 0. The quantitative estimate of drug-likeness (QED) is 0.457. The molecule has 4 aliphatic carbocycles. The summed E-state index contributed by atoms with van der Waals surface area (Å²) < 4.78 is 0. The summed E-state index contributed by atoms with van der Waals surface area (Å²) in [5.74, 6) is 4.69. The van der Waals surface area contributed by atoms with Crippen molar-refractivity contribution in [2.45, 2.75) is 119 Å². The van der Waals surface area contributed by atoms with Gasteiger partial charge in [0.15, 0.2) is 0 Å². The van der Waals surface area contributed by atoms with E-state index in [4.69, 9.17) is 0 Å². The lowest BCUT2D eigenvalue weighted by Crippen LogP contribution is -1.90. The van der Waals surface area contributed by atoms with Crippen LogP contribution in [0.2, 0.25) is 0 Å². The van der Waals surface area contributed by atoms with Crippen molar-refractivity contribution >= 4 is 0 Å². The summed E-state index contributed by atoms with van der Waals surface area (Å²) in [6.45, 7) is 12.4. The highest BCUT2D eigenvalue weighted by molar-refractivity contribution is 4.83. The van der Waals surface area contributed by atoms with Crippen molar-refractivity contribution in [2.75, 3.05) is 0 Å². The molecule has 4 fully saturated rings. The van der Waals surface area contributed by atoms with Crippen LogP contribution in [0.25, 0.3) is 0 Å². The smallest absolute Gasteiger partial charge is 0.0411 e. The molecule has 4 bridgehead atoms. The molecule has 0 aromatic carbocycles. The number of hydrogen-bond acceptors (Lipinski definition) is 0. The molecular weight excluding hydrogens is 264 g/mol. The van der Waals surface area contributed by atoms with Crippen LogP contribution in [-0.2, 0) is 0 Å². The molecule has 0 aromatic rings. The van der Waals surface area contributed by atoms with Crippen LogP contribution < -0.4 is 0 Å². The van der Waals surface area contributed by atoms with Crippen molar-refractivity contribution in [1.82, 2.24) is 0 Å². The Morgan fingerprint density at radius 1 is 0.455 bits per heavy atom. The van der Waals surface area contributed by atoms with Crippen LogP contribution >= 0.6 is 0 Å². The van der Waals surface area contributed by atoms with Crippen LogP contribution in [0.5, 0.6) is 0 Å². The average Bonchev–Trinajstić information content (AvgIpc) is 3.41. The van der Waals surface area contributed by atoms with Crippen LogP contribution in [-0.4, -0.2) is 0 Å². The highest BCUT2D eigenvalue weighted by Gasteiger charge is 2.31. The van der Waals surface area contributed by atoms with Crippen LogP contribution in [0.4, 0.5) is 0 Å². The average molecular weight is 311 g/mol. The van der Waals surface area contributed by atoms with E-state index in [9.17, 15) is 0 Å². The molecule has 0 atom stereocenters. The third-order valence-electron chi connectivity index (χ3n) is 5.77. The Hall–Kier alpha value is 0. The Morgan fingerprint density at radius 2 is 0.636 bits per heavy atom. The molecule has 0 aromatic heterocycles. The maximum absolute atomic E-state index is 2.18. The summed E-state index contributed by atoms with van der Waals surface area (Å²) in [5.41, 5.74) is 0. The molecule has 0 N–H and O–H groups in total. The van der Waals surface area contributed by atoms with Crippen molar-refractivity contribution in [3.63, 3.8) is 0 Å². The first-order valence-electron chi connectivity index (χ1n) is 10.8. The number of unbranched alkanes of at least 4 members (excludes halogenated alkanes) is 1. The van der Waals surface area contributed by atoms with Gasteiger partial charge in [-0.3, -0.25) is 0 Å². The van der Waals surface area contributed by atoms with Crippen molar-refractivity contribution in [2.24, 2.45) is 23.7 Å². The Balaban J connectivity index is 0.000000280. The van der Waals surface area contributed by atoms with E-state index in [1.54, 1.807) is 64.2 Å². The molecule has 4 aliphatic rings. The topological polar surface area (TPSA) is 0 Å². The van der Waals surface area contributed by atoms with E-state index in [1.165, 1.54) is 36.5 Å². The van der Waals surface area contributed by atoms with Crippen LogP contribution in [0.1, 0.15) is 119 Å². The lowest BCUT2D eigenvalue weighted by Gasteiger charge is -2.05. The van der Waals surface area contributed by atoms with Gasteiger partial charge in [0, 0.05) is 0 Å². The van der Waals surface area contributed by atoms with E-state index in [2.05, 4.69) is 13.8 Å². The minimum Gasteiger partial charge on any atom is -0.0683 e. The monoisotopic (exact) mass is 310 g/mol. The zero-order valence-corrected chi connectivity index (χ0v) is 16.8. The molecule has 4 saturated carbocycles. The normalized spacial score (nSPS) is 32.5. The second-order valence-corrected chi connectivity index (χ2v) is 7.24. The zero-order chi connectivity index (χ0) is 16.8. The van der Waals surface area contributed by atoms with Gasteiger partial charge in [-0.15, -0.1) is 0 Å². The summed E-state index contributed by atoms with van der Waals surface area (Å²) in [6.07, 6.45) is 18.3. The minimum absolute atomic E-state index is 1.17. The van der Waals surface area contributed by atoms with Gasteiger partial charge in [-0.2, -0.15) is 0 Å². The number of fused-ring (bicyclic) bond motifs is 4. The molecule has 134 valence electrons. The molecule has 0 saturated heterocycles. The van der Waals surface area contributed by atoms with Gasteiger partial charge in [-0.05, 0) is 36.5 Å². The molecule has 0 aliphatic heterocycles. The largest absolute Gasteiger partial charge is 0.0683 e. The molecule has 0 heteroatoms. The van der Waals surface area contributed by atoms with E-state index in [0.717, 1.165) is 0 Å². The first-order valence-corrected chi connectivity index (χ1v) is 10.8. The molecule has 0 nitrogen and oxygen atoms in total. The van der Waals surface area contributed by atoms with Gasteiger partial charge in [-0.1, -0.05) is 106 Å². The first-order chi connectivity index (χ1) is 10.8. The maximum Gasteiger partial charge on any atom is -0.0411 e. The van der Waals surface area contributed by atoms with Gasteiger partial charge in [0.25, 0.3) is 0 Å². The van der Waals surface area contributed by atoms with E-state index in [0.29, 0.717) is 0 Å². The van der Waals surface area contributed by atoms with Crippen molar-refractivity contribution in [1.29, 1.82) is 0 Å². The Bertz CT molecular complexity index is 160. The summed E-state index contributed by atoms with van der Waals surface area (Å²) in [4.78, 5) is 0.